The van der Waals surface area contributed by atoms with Gasteiger partial charge in [0, 0.05) is 0 Å². The summed E-state index contributed by atoms with van der Waals surface area (Å²) in [6.07, 6.45) is 1.21. The maximum Gasteiger partial charge on any atom is -0.0248 e. The van der Waals surface area contributed by atoms with Gasteiger partial charge in [-0.1, -0.05) is 45.0 Å². The summed E-state index contributed by atoms with van der Waals surface area (Å²) in [6.45, 7) is 9.12. The third-order valence-electron chi connectivity index (χ3n) is 2.94. The molecule has 72 valence electrons. The highest BCUT2D eigenvalue weighted by Gasteiger charge is 2.08. The van der Waals surface area contributed by atoms with Crippen molar-refractivity contribution < 1.29 is 0 Å². The molecule has 0 heteroatoms. The first-order valence-electron chi connectivity index (χ1n) is 5.15. The molecule has 0 unspecified atom stereocenters. The van der Waals surface area contributed by atoms with Crippen molar-refractivity contribution in [3.63, 3.8) is 0 Å². The van der Waals surface area contributed by atoms with Crippen molar-refractivity contribution in [1.29, 1.82) is 0 Å². The summed E-state index contributed by atoms with van der Waals surface area (Å²) < 4.78 is 0. The fourth-order valence-corrected chi connectivity index (χ4v) is 1.42. The number of hydrogen-bond donors (Lipinski definition) is 0. The van der Waals surface area contributed by atoms with E-state index in [1.54, 1.807) is 0 Å². The minimum absolute atomic E-state index is 0.777. The molecule has 0 spiro atoms. The second-order valence-corrected chi connectivity index (χ2v) is 4.35. The Morgan fingerprint density at radius 3 is 2.23 bits per heavy atom. The molecule has 13 heavy (non-hydrogen) atoms. The van der Waals surface area contributed by atoms with Crippen LogP contribution >= 0.6 is 0 Å². The van der Waals surface area contributed by atoms with E-state index >= 15 is 0 Å². The molecular weight excluding hydrogens is 156 g/mol. The van der Waals surface area contributed by atoms with Gasteiger partial charge in [-0.25, -0.2) is 0 Å². The Kier molecular flexibility index (Phi) is 3.53. The zero-order valence-corrected chi connectivity index (χ0v) is 9.17. The third kappa shape index (κ3) is 2.87. The molecule has 0 fully saturated rings. The van der Waals surface area contributed by atoms with Gasteiger partial charge in [0.2, 0.25) is 0 Å². The van der Waals surface area contributed by atoms with Crippen LogP contribution in [0.5, 0.6) is 0 Å². The van der Waals surface area contributed by atoms with E-state index in [9.17, 15) is 0 Å². The zero-order valence-electron chi connectivity index (χ0n) is 9.17. The van der Waals surface area contributed by atoms with Crippen molar-refractivity contribution in [2.24, 2.45) is 11.8 Å². The first-order valence-corrected chi connectivity index (χ1v) is 5.15. The lowest BCUT2D eigenvalue weighted by Crippen LogP contribution is -2.08. The highest BCUT2D eigenvalue weighted by atomic mass is 14.1. The maximum absolute atomic E-state index is 2.33. The summed E-state index contributed by atoms with van der Waals surface area (Å²) in [6, 6.07) is 8.69. The summed E-state index contributed by atoms with van der Waals surface area (Å²) in [7, 11) is 0. The smallest absolute Gasteiger partial charge is 0.0248 e. The van der Waals surface area contributed by atoms with Gasteiger partial charge in [-0.3, -0.25) is 0 Å². The third-order valence-corrected chi connectivity index (χ3v) is 2.94. The van der Waals surface area contributed by atoms with E-state index in [2.05, 4.69) is 52.0 Å². The molecule has 1 aromatic carbocycles. The van der Waals surface area contributed by atoms with Gasteiger partial charge in [0.15, 0.2) is 0 Å². The summed E-state index contributed by atoms with van der Waals surface area (Å²) >= 11 is 0. The Hall–Kier alpha value is -0.780. The monoisotopic (exact) mass is 176 g/mol. The summed E-state index contributed by atoms with van der Waals surface area (Å²) in [5.74, 6) is 1.56. The first kappa shape index (κ1) is 10.3. The SMILES string of the molecule is Cc1ccccc1C[C@H](C)C(C)C. The van der Waals surface area contributed by atoms with Gasteiger partial charge in [-0.2, -0.15) is 0 Å². The lowest BCUT2D eigenvalue weighted by molar-refractivity contribution is 0.417. The fraction of sp³-hybridized carbons (Fsp3) is 0.538. The number of rotatable bonds is 3. The van der Waals surface area contributed by atoms with Gasteiger partial charge in [-0.15, -0.1) is 0 Å². The van der Waals surface area contributed by atoms with E-state index in [0.29, 0.717) is 0 Å². The highest BCUT2D eigenvalue weighted by molar-refractivity contribution is 5.25. The Labute approximate surface area is 82.0 Å². The van der Waals surface area contributed by atoms with E-state index in [0.717, 1.165) is 11.8 Å². The molecule has 0 aliphatic carbocycles. The predicted octanol–water partition coefficient (Wildman–Crippen LogP) is 3.83. The summed E-state index contributed by atoms with van der Waals surface area (Å²) in [5.41, 5.74) is 2.93. The van der Waals surface area contributed by atoms with Crippen LogP contribution in [-0.2, 0) is 6.42 Å². The van der Waals surface area contributed by atoms with Crippen LogP contribution in [0.1, 0.15) is 31.9 Å². The molecule has 0 aliphatic heterocycles. The minimum atomic E-state index is 0.777. The van der Waals surface area contributed by atoms with Gasteiger partial charge in [0.05, 0.1) is 0 Å². The highest BCUT2D eigenvalue weighted by Crippen LogP contribution is 2.18. The molecule has 0 heterocycles. The average Bonchev–Trinajstić information content (AvgIpc) is 2.08. The molecule has 0 aromatic heterocycles. The normalized spacial score (nSPS) is 13.3. The molecule has 1 atom stereocenters. The maximum atomic E-state index is 2.33. The number of aryl methyl sites for hydroxylation is 1. The van der Waals surface area contributed by atoms with Gasteiger partial charge < -0.3 is 0 Å². The van der Waals surface area contributed by atoms with Crippen LogP contribution in [0.2, 0.25) is 0 Å². The van der Waals surface area contributed by atoms with E-state index in [1.165, 1.54) is 17.5 Å². The molecule has 0 radical (unpaired) electrons. The lowest BCUT2D eigenvalue weighted by Gasteiger charge is -2.16. The van der Waals surface area contributed by atoms with Crippen molar-refractivity contribution in [2.75, 3.05) is 0 Å². The van der Waals surface area contributed by atoms with Crippen LogP contribution in [0.25, 0.3) is 0 Å². The first-order chi connectivity index (χ1) is 6.11. The van der Waals surface area contributed by atoms with Gasteiger partial charge >= 0.3 is 0 Å². The van der Waals surface area contributed by atoms with Crippen LogP contribution in [-0.4, -0.2) is 0 Å². The summed E-state index contributed by atoms with van der Waals surface area (Å²) in [5, 5.41) is 0. The van der Waals surface area contributed by atoms with Crippen LogP contribution in [0.4, 0.5) is 0 Å². The van der Waals surface area contributed by atoms with E-state index in [-0.39, 0.29) is 0 Å². The Morgan fingerprint density at radius 2 is 1.69 bits per heavy atom. The predicted molar refractivity (Wildman–Crippen MR) is 58.9 cm³/mol. The zero-order chi connectivity index (χ0) is 9.84. The van der Waals surface area contributed by atoms with Gasteiger partial charge in [-0.05, 0) is 36.3 Å². The van der Waals surface area contributed by atoms with Crippen LogP contribution < -0.4 is 0 Å². The van der Waals surface area contributed by atoms with Crippen LogP contribution in [0.15, 0.2) is 24.3 Å². The summed E-state index contributed by atoms with van der Waals surface area (Å²) in [4.78, 5) is 0. The van der Waals surface area contributed by atoms with Crippen molar-refractivity contribution >= 4 is 0 Å². The van der Waals surface area contributed by atoms with E-state index < -0.39 is 0 Å². The largest absolute Gasteiger partial charge is 0.0625 e. The molecule has 0 saturated carbocycles. The Bertz CT molecular complexity index is 260. The second kappa shape index (κ2) is 4.45. The van der Waals surface area contributed by atoms with Crippen LogP contribution in [0.3, 0.4) is 0 Å². The van der Waals surface area contributed by atoms with E-state index in [4.69, 9.17) is 0 Å². The number of benzene rings is 1. The fourth-order valence-electron chi connectivity index (χ4n) is 1.42. The van der Waals surface area contributed by atoms with Crippen molar-refractivity contribution in [3.8, 4) is 0 Å². The standard InChI is InChI=1S/C13H20/c1-10(2)12(4)9-13-8-6-5-7-11(13)3/h5-8,10,12H,9H2,1-4H3/t12-/m0/s1. The lowest BCUT2D eigenvalue weighted by atomic mass is 9.89. The quantitative estimate of drug-likeness (QED) is 0.656. The molecule has 0 amide bonds. The minimum Gasteiger partial charge on any atom is -0.0625 e. The molecule has 0 nitrogen and oxygen atoms in total. The molecule has 0 bridgehead atoms. The van der Waals surface area contributed by atoms with Crippen molar-refractivity contribution in [1.82, 2.24) is 0 Å². The second-order valence-electron chi connectivity index (χ2n) is 4.35. The Morgan fingerprint density at radius 1 is 1.08 bits per heavy atom. The van der Waals surface area contributed by atoms with Gasteiger partial charge in [0.1, 0.15) is 0 Å². The number of hydrogen-bond acceptors (Lipinski definition) is 0. The average molecular weight is 176 g/mol. The molecule has 0 saturated heterocycles. The van der Waals surface area contributed by atoms with Gasteiger partial charge in [0.25, 0.3) is 0 Å². The molecule has 1 aromatic rings. The Balaban J connectivity index is 2.69. The molecule has 1 rings (SSSR count). The molecule has 0 N–H and O–H groups in total. The van der Waals surface area contributed by atoms with Crippen molar-refractivity contribution in [2.45, 2.75) is 34.1 Å². The van der Waals surface area contributed by atoms with Crippen molar-refractivity contribution in [3.05, 3.63) is 35.4 Å². The van der Waals surface area contributed by atoms with Crippen LogP contribution in [0, 0.1) is 18.8 Å². The topological polar surface area (TPSA) is 0 Å². The molecule has 0 aliphatic rings. The van der Waals surface area contributed by atoms with E-state index in [1.807, 2.05) is 0 Å². The molecular formula is C13H20.